The molecular weight excluding hydrogens is 342 g/mol. The van der Waals surface area contributed by atoms with E-state index in [-0.39, 0.29) is 6.41 Å². The molecule has 0 saturated carbocycles. The molecule has 0 saturated heterocycles. The number of carbonyl (C=O) groups is 1. The highest BCUT2D eigenvalue weighted by atomic mass is 32.2. The molecule has 0 spiro atoms. The summed E-state index contributed by atoms with van der Waals surface area (Å²) in [7, 11) is -3.68. The van der Waals surface area contributed by atoms with Crippen LogP contribution in [0.2, 0.25) is 0 Å². The Kier molecular flexibility index (Phi) is 5.12. The van der Waals surface area contributed by atoms with Crippen LogP contribution in [0.1, 0.15) is 22.7 Å². The number of pyridine rings is 1. The summed E-state index contributed by atoms with van der Waals surface area (Å²) in [6.07, 6.45) is 3.83. The lowest BCUT2D eigenvalue weighted by molar-refractivity contribution is -0.159. The van der Waals surface area contributed by atoms with E-state index in [0.717, 1.165) is 11.1 Å². The van der Waals surface area contributed by atoms with E-state index in [0.29, 0.717) is 30.1 Å². The second-order valence-electron chi connectivity index (χ2n) is 5.92. The molecule has 25 heavy (non-hydrogen) atoms. The van der Waals surface area contributed by atoms with Crippen molar-refractivity contribution < 1.29 is 18.4 Å². The summed E-state index contributed by atoms with van der Waals surface area (Å²) in [6, 6.07) is 9.99. The van der Waals surface area contributed by atoms with Crippen LogP contribution in [-0.4, -0.2) is 46.7 Å². The topological polar surface area (TPSA) is 90.8 Å². The molecular formula is C17H19N3O4S. The molecule has 132 valence electrons. The van der Waals surface area contributed by atoms with Crippen LogP contribution in [0.15, 0.2) is 48.8 Å². The third-order valence-corrected chi connectivity index (χ3v) is 6.19. The fourth-order valence-electron chi connectivity index (χ4n) is 2.98. The number of aromatic nitrogens is 1. The summed E-state index contributed by atoms with van der Waals surface area (Å²) < 4.78 is 27.1. The number of hydroxylamine groups is 2. The van der Waals surface area contributed by atoms with Gasteiger partial charge in [-0.05, 0) is 29.2 Å². The predicted octanol–water partition coefficient (Wildman–Crippen LogP) is 1.36. The van der Waals surface area contributed by atoms with Gasteiger partial charge >= 0.3 is 0 Å². The van der Waals surface area contributed by atoms with Gasteiger partial charge in [-0.1, -0.05) is 30.3 Å². The molecule has 1 aliphatic heterocycles. The van der Waals surface area contributed by atoms with Crippen LogP contribution in [0.3, 0.4) is 0 Å². The number of fused-ring (bicyclic) bond motifs is 1. The van der Waals surface area contributed by atoms with E-state index in [1.165, 1.54) is 10.5 Å². The first-order valence-corrected chi connectivity index (χ1v) is 9.49. The Labute approximate surface area is 146 Å². The maximum Gasteiger partial charge on any atom is 0.233 e. The lowest BCUT2D eigenvalue weighted by atomic mass is 10.0. The molecule has 1 N–H and O–H groups in total. The van der Waals surface area contributed by atoms with E-state index in [1.807, 2.05) is 24.3 Å². The average molecular weight is 361 g/mol. The summed E-state index contributed by atoms with van der Waals surface area (Å²) in [5.74, 6) is -0.407. The van der Waals surface area contributed by atoms with Crippen LogP contribution >= 0.6 is 0 Å². The third kappa shape index (κ3) is 3.87. The predicted molar refractivity (Wildman–Crippen MR) is 91.0 cm³/mol. The molecule has 8 heteroatoms. The summed E-state index contributed by atoms with van der Waals surface area (Å²) in [6.45, 7) is 0.677. The molecule has 0 fully saturated rings. The van der Waals surface area contributed by atoms with Crippen molar-refractivity contribution in [1.29, 1.82) is 0 Å². The standard InChI is InChI=1S/C17H19N3O4S/c21-13-20(22)17(15-6-3-8-18-10-15)12-25(23,24)19-9-7-14-4-1-2-5-16(14)11-19/h1-6,8,10,13,17,22H,7,9,11-12H2. The maximum absolute atomic E-state index is 12.9. The van der Waals surface area contributed by atoms with Gasteiger partial charge < -0.3 is 0 Å². The van der Waals surface area contributed by atoms with E-state index in [9.17, 15) is 18.4 Å². The summed E-state index contributed by atoms with van der Waals surface area (Å²) in [4.78, 5) is 14.9. The molecule has 2 aromatic rings. The van der Waals surface area contributed by atoms with Gasteiger partial charge in [0.2, 0.25) is 16.4 Å². The lowest BCUT2D eigenvalue weighted by Crippen LogP contribution is -2.41. The quantitative estimate of drug-likeness (QED) is 0.477. The van der Waals surface area contributed by atoms with E-state index in [2.05, 4.69) is 4.98 Å². The van der Waals surface area contributed by atoms with Crippen molar-refractivity contribution in [1.82, 2.24) is 14.4 Å². The van der Waals surface area contributed by atoms with Crippen molar-refractivity contribution in [3.05, 3.63) is 65.5 Å². The molecule has 0 bridgehead atoms. The van der Waals surface area contributed by atoms with Crippen LogP contribution < -0.4 is 0 Å². The average Bonchev–Trinajstić information content (AvgIpc) is 2.66. The van der Waals surface area contributed by atoms with E-state index < -0.39 is 21.8 Å². The maximum atomic E-state index is 12.9. The lowest BCUT2D eigenvalue weighted by Gasteiger charge is -2.30. The van der Waals surface area contributed by atoms with Gasteiger partial charge in [-0.3, -0.25) is 15.0 Å². The van der Waals surface area contributed by atoms with Crippen LogP contribution in [0.25, 0.3) is 0 Å². The second kappa shape index (κ2) is 7.30. The molecule has 1 unspecified atom stereocenters. The first-order chi connectivity index (χ1) is 12.0. The smallest absolute Gasteiger partial charge is 0.233 e. The van der Waals surface area contributed by atoms with Crippen LogP contribution in [-0.2, 0) is 27.8 Å². The molecule has 3 rings (SSSR count). The van der Waals surface area contributed by atoms with Crippen molar-refractivity contribution in [2.45, 2.75) is 19.0 Å². The van der Waals surface area contributed by atoms with Gasteiger partial charge in [-0.25, -0.2) is 13.5 Å². The Hall–Kier alpha value is -2.29. The molecule has 1 aromatic carbocycles. The highest BCUT2D eigenvalue weighted by Gasteiger charge is 2.32. The summed E-state index contributed by atoms with van der Waals surface area (Å²) >= 11 is 0. The molecule has 2 heterocycles. The van der Waals surface area contributed by atoms with Crippen molar-refractivity contribution in [2.24, 2.45) is 0 Å². The van der Waals surface area contributed by atoms with Gasteiger partial charge in [0.15, 0.2) is 0 Å². The molecule has 0 aliphatic carbocycles. The number of hydrogen-bond acceptors (Lipinski definition) is 5. The Morgan fingerprint density at radius 1 is 1.24 bits per heavy atom. The van der Waals surface area contributed by atoms with Crippen LogP contribution in [0.4, 0.5) is 0 Å². The first kappa shape index (κ1) is 17.5. The highest BCUT2D eigenvalue weighted by molar-refractivity contribution is 7.89. The van der Waals surface area contributed by atoms with E-state index in [1.54, 1.807) is 18.3 Å². The van der Waals surface area contributed by atoms with E-state index in [4.69, 9.17) is 0 Å². The molecule has 1 amide bonds. The van der Waals surface area contributed by atoms with Crippen molar-refractivity contribution in [3.63, 3.8) is 0 Å². The number of benzene rings is 1. The Morgan fingerprint density at radius 3 is 2.68 bits per heavy atom. The summed E-state index contributed by atoms with van der Waals surface area (Å²) in [5.41, 5.74) is 2.58. The monoisotopic (exact) mass is 361 g/mol. The Bertz CT molecular complexity index is 842. The zero-order chi connectivity index (χ0) is 17.9. The molecule has 7 nitrogen and oxygen atoms in total. The van der Waals surface area contributed by atoms with Crippen molar-refractivity contribution in [2.75, 3.05) is 12.3 Å². The number of nitrogens with zero attached hydrogens (tertiary/aromatic N) is 3. The number of rotatable bonds is 6. The fraction of sp³-hybridized carbons (Fsp3) is 0.294. The minimum atomic E-state index is -3.68. The normalized spacial score (nSPS) is 16.0. The minimum absolute atomic E-state index is 0.207. The highest BCUT2D eigenvalue weighted by Crippen LogP contribution is 2.25. The zero-order valence-electron chi connectivity index (χ0n) is 13.5. The van der Waals surface area contributed by atoms with Gasteiger partial charge in [0.25, 0.3) is 0 Å². The number of carbonyl (C=O) groups excluding carboxylic acids is 1. The van der Waals surface area contributed by atoms with Crippen molar-refractivity contribution >= 4 is 16.4 Å². The zero-order valence-corrected chi connectivity index (χ0v) is 14.3. The largest absolute Gasteiger partial charge is 0.285 e. The molecule has 1 aromatic heterocycles. The van der Waals surface area contributed by atoms with Crippen molar-refractivity contribution in [3.8, 4) is 0 Å². The summed E-state index contributed by atoms with van der Waals surface area (Å²) in [5, 5.41) is 10.2. The number of amides is 1. The number of sulfonamides is 1. The Morgan fingerprint density at radius 2 is 2.00 bits per heavy atom. The van der Waals surface area contributed by atoms with Gasteiger partial charge in [-0.2, -0.15) is 4.31 Å². The van der Waals surface area contributed by atoms with Gasteiger partial charge in [-0.15, -0.1) is 0 Å². The second-order valence-corrected chi connectivity index (χ2v) is 7.93. The van der Waals surface area contributed by atoms with Crippen LogP contribution in [0.5, 0.6) is 0 Å². The first-order valence-electron chi connectivity index (χ1n) is 7.88. The van der Waals surface area contributed by atoms with Gasteiger partial charge in [0.05, 0.1) is 5.75 Å². The SMILES string of the molecule is O=CN(O)C(CS(=O)(=O)N1CCc2ccccc2C1)c1cccnc1. The number of hydrogen-bond donors (Lipinski definition) is 1. The van der Waals surface area contributed by atoms with Gasteiger partial charge in [0, 0.05) is 25.5 Å². The minimum Gasteiger partial charge on any atom is -0.285 e. The Balaban J connectivity index is 1.83. The van der Waals surface area contributed by atoms with E-state index >= 15 is 0 Å². The molecule has 0 radical (unpaired) electrons. The van der Waals surface area contributed by atoms with Gasteiger partial charge in [0.1, 0.15) is 6.04 Å². The third-order valence-electron chi connectivity index (χ3n) is 4.35. The molecule has 1 aliphatic rings. The molecule has 1 atom stereocenters. The van der Waals surface area contributed by atoms with Crippen LogP contribution in [0, 0.1) is 0 Å². The fourth-order valence-corrected chi connectivity index (χ4v) is 4.64.